The van der Waals surface area contributed by atoms with Crippen LogP contribution in [0.5, 0.6) is 11.8 Å². The molecule has 2 aromatic heterocycles. The number of hydrogen-bond donors (Lipinski definition) is 1. The summed E-state index contributed by atoms with van der Waals surface area (Å²) < 4.78 is 40.9. The van der Waals surface area contributed by atoms with Crippen molar-refractivity contribution in [1.82, 2.24) is 19.8 Å². The summed E-state index contributed by atoms with van der Waals surface area (Å²) in [6, 6.07) is 9.22. The summed E-state index contributed by atoms with van der Waals surface area (Å²) in [6.07, 6.45) is 3.49. The Morgan fingerprint density at radius 3 is 2.81 bits per heavy atom. The molecule has 222 valence electrons. The number of halogens is 2. The number of ether oxygens (including phenoxy) is 1. The molecular formula is C31H30F2N6O4. The van der Waals surface area contributed by atoms with E-state index in [9.17, 15) is 19.6 Å². The van der Waals surface area contributed by atoms with Gasteiger partial charge in [-0.3, -0.25) is 4.79 Å². The predicted octanol–water partition coefficient (Wildman–Crippen LogP) is 4.77. The fraction of sp³-hybridized carbons (Fsp3) is 0.355. The zero-order valence-electron chi connectivity index (χ0n) is 23.6. The van der Waals surface area contributed by atoms with Gasteiger partial charge in [0.2, 0.25) is 0 Å². The lowest BCUT2D eigenvalue weighted by Gasteiger charge is -2.41. The maximum Gasteiger partial charge on any atom is 0.319 e. The normalized spacial score (nSPS) is 19.2. The van der Waals surface area contributed by atoms with E-state index < -0.39 is 23.6 Å². The molecule has 1 unspecified atom stereocenters. The number of furan rings is 1. The summed E-state index contributed by atoms with van der Waals surface area (Å²) >= 11 is 0. The molecule has 12 heteroatoms. The second kappa shape index (κ2) is 11.5. The van der Waals surface area contributed by atoms with Crippen LogP contribution in [0.3, 0.4) is 0 Å². The quantitative estimate of drug-likeness (QED) is 0.305. The minimum absolute atomic E-state index is 0.0127. The first-order chi connectivity index (χ1) is 20.8. The number of amides is 1. The molecule has 2 aliphatic rings. The van der Waals surface area contributed by atoms with Crippen LogP contribution in [0, 0.1) is 17.1 Å². The third kappa shape index (κ3) is 5.21. The van der Waals surface area contributed by atoms with E-state index in [1.807, 2.05) is 11.9 Å². The Labute approximate surface area is 246 Å². The summed E-state index contributed by atoms with van der Waals surface area (Å²) in [5.74, 6) is -2.33. The number of phenols is 1. The Kier molecular flexibility index (Phi) is 7.58. The van der Waals surface area contributed by atoms with Crippen molar-refractivity contribution in [2.75, 3.05) is 44.7 Å². The molecule has 10 nitrogen and oxygen atoms in total. The summed E-state index contributed by atoms with van der Waals surface area (Å²) in [5, 5.41) is 21.2. The number of rotatable bonds is 7. The topological polar surface area (TPSA) is 119 Å². The van der Waals surface area contributed by atoms with Crippen LogP contribution in [0.25, 0.3) is 33.0 Å². The molecule has 0 radical (unpaired) electrons. The van der Waals surface area contributed by atoms with Gasteiger partial charge in [-0.15, -0.1) is 0 Å². The minimum atomic E-state index is -1.09. The summed E-state index contributed by atoms with van der Waals surface area (Å²) in [6.45, 7) is 5.06. The molecule has 4 heterocycles. The number of fused-ring (bicyclic) bond motifs is 3. The van der Waals surface area contributed by atoms with E-state index in [0.29, 0.717) is 39.9 Å². The van der Waals surface area contributed by atoms with Crippen LogP contribution in [0.4, 0.5) is 14.6 Å². The van der Waals surface area contributed by atoms with E-state index >= 15 is 4.39 Å². The highest BCUT2D eigenvalue weighted by atomic mass is 19.1. The van der Waals surface area contributed by atoms with Gasteiger partial charge < -0.3 is 29.0 Å². The van der Waals surface area contributed by atoms with Gasteiger partial charge in [-0.05, 0) is 50.7 Å². The SMILES string of the molecule is C=C(F)C(=O)N1CCN(c2nc(OCC3CCCN3C)nc3cc(-c4c(O)cccc4F)c4ccoc4c23)C[C@@H]1CC#N. The fourth-order valence-corrected chi connectivity index (χ4v) is 6.09. The first-order valence-electron chi connectivity index (χ1n) is 14.1. The van der Waals surface area contributed by atoms with Crippen molar-refractivity contribution in [2.24, 2.45) is 0 Å². The molecule has 4 aromatic rings. The molecule has 6 rings (SSSR count). The average molecular weight is 589 g/mol. The van der Waals surface area contributed by atoms with E-state index in [4.69, 9.17) is 19.1 Å². The zero-order valence-corrected chi connectivity index (χ0v) is 23.6. The molecule has 1 amide bonds. The van der Waals surface area contributed by atoms with Crippen LogP contribution in [-0.2, 0) is 4.79 Å². The fourth-order valence-electron chi connectivity index (χ4n) is 6.09. The molecule has 43 heavy (non-hydrogen) atoms. The van der Waals surface area contributed by atoms with Gasteiger partial charge in [0.15, 0.2) is 5.83 Å². The Bertz CT molecular complexity index is 1750. The van der Waals surface area contributed by atoms with Crippen LogP contribution >= 0.6 is 0 Å². The van der Waals surface area contributed by atoms with Gasteiger partial charge in [0.1, 0.15) is 29.6 Å². The molecule has 1 N–H and O–H groups in total. The standard InChI is InChI=1S/C31H30F2N6O4/c1-18(32)30(41)39-13-12-38(16-19(39)8-10-34)29-27-24(35-31(36-29)43-17-20-5-4-11-37(20)2)15-22(21-9-14-42-28(21)27)26-23(33)6-3-7-25(26)40/h3,6-7,9,14-15,19-20,40H,1,4-5,8,11-13,16-17H2,2H3/t19-,20?/m0/s1. The Balaban J connectivity index is 1.49. The van der Waals surface area contributed by atoms with Crippen LogP contribution in [0.1, 0.15) is 19.3 Å². The van der Waals surface area contributed by atoms with Gasteiger partial charge >= 0.3 is 6.01 Å². The number of likely N-dealkylation sites (tertiary alicyclic amines) is 1. The number of aromatic nitrogens is 2. The summed E-state index contributed by atoms with van der Waals surface area (Å²) in [5.41, 5.74) is 1.17. The number of anilines is 1. The molecule has 0 spiro atoms. The number of aromatic hydroxyl groups is 1. The van der Waals surface area contributed by atoms with Crippen LogP contribution < -0.4 is 9.64 Å². The maximum absolute atomic E-state index is 15.1. The number of benzene rings is 2. The van der Waals surface area contributed by atoms with E-state index in [2.05, 4.69) is 17.5 Å². The third-order valence-corrected chi connectivity index (χ3v) is 8.30. The van der Waals surface area contributed by atoms with Crippen LogP contribution in [-0.4, -0.2) is 82.7 Å². The molecular weight excluding hydrogens is 558 g/mol. The van der Waals surface area contributed by atoms with Gasteiger partial charge in [-0.1, -0.05) is 12.6 Å². The van der Waals surface area contributed by atoms with Gasteiger partial charge in [-0.2, -0.15) is 15.2 Å². The summed E-state index contributed by atoms with van der Waals surface area (Å²) in [4.78, 5) is 27.4. The van der Waals surface area contributed by atoms with Crippen molar-refractivity contribution in [3.63, 3.8) is 0 Å². The van der Waals surface area contributed by atoms with Gasteiger partial charge in [0.25, 0.3) is 5.91 Å². The predicted molar refractivity (Wildman–Crippen MR) is 156 cm³/mol. The van der Waals surface area contributed by atoms with Gasteiger partial charge in [-0.25, -0.2) is 8.78 Å². The maximum atomic E-state index is 15.1. The van der Waals surface area contributed by atoms with E-state index in [1.54, 1.807) is 12.1 Å². The van der Waals surface area contributed by atoms with Crippen molar-refractivity contribution in [3.8, 4) is 29.0 Å². The van der Waals surface area contributed by atoms with Crippen molar-refractivity contribution in [1.29, 1.82) is 5.26 Å². The molecule has 2 fully saturated rings. The number of nitrogens with zero attached hydrogens (tertiary/aromatic N) is 6. The molecule has 2 aromatic carbocycles. The number of likely N-dealkylation sites (N-methyl/N-ethyl adjacent to an activating group) is 1. The lowest BCUT2D eigenvalue weighted by molar-refractivity contribution is -0.131. The Morgan fingerprint density at radius 2 is 2.09 bits per heavy atom. The largest absolute Gasteiger partial charge is 0.507 e. The number of piperazine rings is 1. The Morgan fingerprint density at radius 1 is 1.26 bits per heavy atom. The lowest BCUT2D eigenvalue weighted by atomic mass is 9.97. The molecule has 0 aliphatic carbocycles. The van der Waals surface area contributed by atoms with Crippen molar-refractivity contribution in [3.05, 3.63) is 54.8 Å². The monoisotopic (exact) mass is 588 g/mol. The average Bonchev–Trinajstić information content (AvgIpc) is 3.64. The van der Waals surface area contributed by atoms with E-state index in [0.717, 1.165) is 19.4 Å². The zero-order chi connectivity index (χ0) is 30.2. The second-order valence-electron chi connectivity index (χ2n) is 10.9. The van der Waals surface area contributed by atoms with Crippen LogP contribution in [0.2, 0.25) is 0 Å². The highest BCUT2D eigenvalue weighted by molar-refractivity contribution is 6.14. The highest BCUT2D eigenvalue weighted by Crippen LogP contribution is 2.43. The second-order valence-corrected chi connectivity index (χ2v) is 10.9. The van der Waals surface area contributed by atoms with E-state index in [-0.39, 0.29) is 49.4 Å². The number of carbonyl (C=O) groups excluding carboxylic acids is 1. The summed E-state index contributed by atoms with van der Waals surface area (Å²) in [7, 11) is 2.04. The minimum Gasteiger partial charge on any atom is -0.507 e. The van der Waals surface area contributed by atoms with Crippen molar-refractivity contribution in [2.45, 2.75) is 31.3 Å². The third-order valence-electron chi connectivity index (χ3n) is 8.30. The van der Waals surface area contributed by atoms with Crippen molar-refractivity contribution < 1.29 is 27.8 Å². The van der Waals surface area contributed by atoms with Gasteiger partial charge in [0.05, 0.1) is 41.3 Å². The smallest absolute Gasteiger partial charge is 0.319 e. The first kappa shape index (κ1) is 28.4. The molecule has 2 saturated heterocycles. The number of carbonyl (C=O) groups is 1. The Hall–Kier alpha value is -4.76. The number of phenolic OH excluding ortho intramolecular Hbond substituents is 1. The molecule has 0 bridgehead atoms. The van der Waals surface area contributed by atoms with Gasteiger partial charge in [0, 0.05) is 36.6 Å². The molecule has 2 aliphatic heterocycles. The van der Waals surface area contributed by atoms with Crippen LogP contribution in [0.15, 0.2) is 53.4 Å². The molecule has 2 atom stereocenters. The highest BCUT2D eigenvalue weighted by Gasteiger charge is 2.34. The molecule has 0 saturated carbocycles. The number of hydrogen-bond acceptors (Lipinski definition) is 9. The van der Waals surface area contributed by atoms with E-state index in [1.165, 1.54) is 29.4 Å². The number of nitriles is 1. The lowest BCUT2D eigenvalue weighted by Crippen LogP contribution is -2.55. The van der Waals surface area contributed by atoms with Crippen molar-refractivity contribution >= 4 is 33.6 Å². The first-order valence-corrected chi connectivity index (χ1v) is 14.1.